The lowest BCUT2D eigenvalue weighted by atomic mass is 10.1. The summed E-state index contributed by atoms with van der Waals surface area (Å²) in [6.07, 6.45) is 1.99. The molecule has 0 radical (unpaired) electrons. The van der Waals surface area contributed by atoms with E-state index in [4.69, 9.17) is 9.47 Å². The second-order valence-corrected chi connectivity index (χ2v) is 9.79. The van der Waals surface area contributed by atoms with Crippen molar-refractivity contribution in [2.24, 2.45) is 0 Å². The van der Waals surface area contributed by atoms with Crippen LogP contribution in [0.15, 0.2) is 60.0 Å². The number of rotatable bonds is 9. The normalized spacial score (nSPS) is 14.8. The molecule has 1 atom stereocenters. The van der Waals surface area contributed by atoms with E-state index in [1.54, 1.807) is 31.4 Å². The Hall–Kier alpha value is -3.56. The van der Waals surface area contributed by atoms with Crippen LogP contribution in [0.25, 0.3) is 0 Å². The molecule has 0 saturated carbocycles. The molecular weight excluding hydrogens is 476 g/mol. The number of ether oxygens (including phenoxy) is 2. The summed E-state index contributed by atoms with van der Waals surface area (Å²) in [6.45, 7) is 1.66. The zero-order valence-corrected chi connectivity index (χ0v) is 21.6. The molecule has 0 spiro atoms. The van der Waals surface area contributed by atoms with Gasteiger partial charge < -0.3 is 29.9 Å². The quantitative estimate of drug-likeness (QED) is 0.411. The molecule has 0 aliphatic carbocycles. The summed E-state index contributed by atoms with van der Waals surface area (Å²) in [4.78, 5) is 30.6. The minimum Gasteiger partial charge on any atom is -0.497 e. The first-order chi connectivity index (χ1) is 17.4. The summed E-state index contributed by atoms with van der Waals surface area (Å²) in [5, 5.41) is 7.64. The lowest BCUT2D eigenvalue weighted by Gasteiger charge is -2.28. The summed E-state index contributed by atoms with van der Waals surface area (Å²) in [7, 11) is 5.53. The first-order valence-corrected chi connectivity index (χ1v) is 12.8. The van der Waals surface area contributed by atoms with Gasteiger partial charge in [0.15, 0.2) is 0 Å². The Morgan fingerprint density at radius 3 is 2.47 bits per heavy atom. The predicted octanol–water partition coefficient (Wildman–Crippen LogP) is 5.29. The molecule has 2 N–H and O–H groups in total. The van der Waals surface area contributed by atoms with Gasteiger partial charge in [0.25, 0.3) is 5.91 Å². The van der Waals surface area contributed by atoms with E-state index >= 15 is 0 Å². The van der Waals surface area contributed by atoms with Gasteiger partial charge in [0, 0.05) is 50.9 Å². The Kier molecular flexibility index (Phi) is 8.45. The molecule has 1 saturated heterocycles. The van der Waals surface area contributed by atoms with Gasteiger partial charge in [0.2, 0.25) is 0 Å². The maximum atomic E-state index is 13.4. The first kappa shape index (κ1) is 25.5. The molecule has 1 fully saturated rings. The van der Waals surface area contributed by atoms with E-state index in [1.165, 1.54) is 11.3 Å². The van der Waals surface area contributed by atoms with Crippen molar-refractivity contribution in [3.63, 3.8) is 0 Å². The fraction of sp³-hybridized carbons (Fsp3) is 0.333. The van der Waals surface area contributed by atoms with Crippen LogP contribution < -0.4 is 20.3 Å². The average molecular weight is 509 g/mol. The molecule has 190 valence electrons. The van der Waals surface area contributed by atoms with Crippen LogP contribution in [0, 0.1) is 0 Å². The molecule has 4 rings (SSSR count). The first-order valence-electron chi connectivity index (χ1n) is 11.9. The lowest BCUT2D eigenvalue weighted by Crippen LogP contribution is -2.37. The molecule has 1 aromatic heterocycles. The Labute approximate surface area is 215 Å². The van der Waals surface area contributed by atoms with Crippen molar-refractivity contribution in [1.82, 2.24) is 4.90 Å². The van der Waals surface area contributed by atoms with Crippen molar-refractivity contribution >= 4 is 40.3 Å². The van der Waals surface area contributed by atoms with E-state index in [1.807, 2.05) is 59.6 Å². The summed E-state index contributed by atoms with van der Waals surface area (Å²) < 4.78 is 11.0. The second-order valence-electron chi connectivity index (χ2n) is 8.84. The van der Waals surface area contributed by atoms with E-state index in [0.29, 0.717) is 29.3 Å². The summed E-state index contributed by atoms with van der Waals surface area (Å²) in [5.41, 5.74) is 3.21. The molecule has 0 bridgehead atoms. The number of hydrogen-bond acceptors (Lipinski definition) is 6. The maximum absolute atomic E-state index is 13.4. The third-order valence-corrected chi connectivity index (χ3v) is 6.85. The molecule has 2 heterocycles. The largest absolute Gasteiger partial charge is 0.497 e. The zero-order valence-electron chi connectivity index (χ0n) is 20.8. The van der Waals surface area contributed by atoms with Crippen molar-refractivity contribution in [1.29, 1.82) is 0 Å². The van der Waals surface area contributed by atoms with Gasteiger partial charge in [0.1, 0.15) is 5.75 Å². The number of carbonyl (C=O) groups excluding carboxylic acids is 2. The van der Waals surface area contributed by atoms with Crippen molar-refractivity contribution in [2.75, 3.05) is 49.9 Å². The van der Waals surface area contributed by atoms with Gasteiger partial charge in [-0.3, -0.25) is 4.79 Å². The molecule has 1 unspecified atom stereocenters. The second kappa shape index (κ2) is 11.9. The Morgan fingerprint density at radius 1 is 1.08 bits per heavy atom. The molecule has 36 heavy (non-hydrogen) atoms. The average Bonchev–Trinajstić information content (AvgIpc) is 3.58. The number of nitrogens with zero attached hydrogens (tertiary/aromatic N) is 2. The summed E-state index contributed by atoms with van der Waals surface area (Å²) in [5.74, 6) is 0.704. The van der Waals surface area contributed by atoms with Crippen LogP contribution in [0.3, 0.4) is 0 Å². The lowest BCUT2D eigenvalue weighted by molar-refractivity contribution is 0.0511. The fourth-order valence-electron chi connectivity index (χ4n) is 4.21. The summed E-state index contributed by atoms with van der Waals surface area (Å²) >= 11 is 1.44. The van der Waals surface area contributed by atoms with Gasteiger partial charge >= 0.3 is 6.03 Å². The number of anilines is 3. The number of hydrogen-bond donors (Lipinski definition) is 2. The van der Waals surface area contributed by atoms with Gasteiger partial charge in [-0.2, -0.15) is 0 Å². The minimum absolute atomic E-state index is 0.0131. The van der Waals surface area contributed by atoms with E-state index in [2.05, 4.69) is 10.6 Å². The summed E-state index contributed by atoms with van der Waals surface area (Å²) in [6, 6.07) is 16.2. The van der Waals surface area contributed by atoms with Crippen molar-refractivity contribution < 1.29 is 19.1 Å². The molecule has 1 aliphatic heterocycles. The number of urea groups is 1. The van der Waals surface area contributed by atoms with Crippen LogP contribution in [0.5, 0.6) is 5.75 Å². The maximum Gasteiger partial charge on any atom is 0.323 e. The van der Waals surface area contributed by atoms with Crippen molar-refractivity contribution in [2.45, 2.75) is 25.5 Å². The zero-order chi connectivity index (χ0) is 25.5. The van der Waals surface area contributed by atoms with Gasteiger partial charge in [-0.25, -0.2) is 4.79 Å². The highest BCUT2D eigenvalue weighted by atomic mass is 32.1. The Morgan fingerprint density at radius 2 is 1.83 bits per heavy atom. The Bertz CT molecular complexity index is 1160. The van der Waals surface area contributed by atoms with Gasteiger partial charge in [-0.1, -0.05) is 6.07 Å². The third kappa shape index (κ3) is 6.56. The highest BCUT2D eigenvalue weighted by Crippen LogP contribution is 2.27. The minimum atomic E-state index is -0.352. The number of benzene rings is 2. The topological polar surface area (TPSA) is 83.1 Å². The fourth-order valence-corrected chi connectivity index (χ4v) is 4.90. The van der Waals surface area contributed by atoms with Crippen LogP contribution in [0.4, 0.5) is 21.9 Å². The van der Waals surface area contributed by atoms with E-state index in [0.717, 1.165) is 36.4 Å². The number of thiophene rings is 1. The molecule has 8 nitrogen and oxygen atoms in total. The standard InChI is InChI=1S/C27H32N4O4S/c1-30(2)24-13-10-21(29-27(33)28-20-8-11-22(34-3)12-9-20)16-19(24)17-31(18-23-6-4-14-35-23)26(32)25-7-5-15-36-25/h5,7-13,15-16,23H,4,6,14,17-18H2,1-3H3,(H2,28,29,33). The van der Waals surface area contributed by atoms with Crippen molar-refractivity contribution in [3.8, 4) is 5.75 Å². The van der Waals surface area contributed by atoms with Crippen LogP contribution in [-0.2, 0) is 11.3 Å². The van der Waals surface area contributed by atoms with Crippen LogP contribution >= 0.6 is 11.3 Å². The van der Waals surface area contributed by atoms with E-state index in [-0.39, 0.29) is 18.0 Å². The molecule has 3 amide bonds. The van der Waals surface area contributed by atoms with Crippen LogP contribution in [0.2, 0.25) is 0 Å². The van der Waals surface area contributed by atoms with Gasteiger partial charge in [0.05, 0.1) is 18.1 Å². The molecule has 3 aromatic rings. The predicted molar refractivity (Wildman–Crippen MR) is 144 cm³/mol. The Balaban J connectivity index is 1.52. The van der Waals surface area contributed by atoms with E-state index in [9.17, 15) is 9.59 Å². The van der Waals surface area contributed by atoms with Gasteiger partial charge in [-0.05, 0) is 72.3 Å². The van der Waals surface area contributed by atoms with Crippen LogP contribution in [-0.4, -0.2) is 57.3 Å². The highest BCUT2D eigenvalue weighted by Gasteiger charge is 2.25. The number of nitrogens with one attached hydrogen (secondary N) is 2. The third-order valence-electron chi connectivity index (χ3n) is 6.00. The molecular formula is C27H32N4O4S. The SMILES string of the molecule is COc1ccc(NC(=O)Nc2ccc(N(C)C)c(CN(CC3CCCO3)C(=O)c3cccs3)c2)cc1. The molecule has 2 aromatic carbocycles. The van der Waals surface area contributed by atoms with Crippen molar-refractivity contribution in [3.05, 3.63) is 70.4 Å². The monoisotopic (exact) mass is 508 g/mol. The number of amides is 3. The molecule has 1 aliphatic rings. The van der Waals surface area contributed by atoms with Crippen LogP contribution in [0.1, 0.15) is 28.1 Å². The molecule has 9 heteroatoms. The smallest absolute Gasteiger partial charge is 0.323 e. The van der Waals surface area contributed by atoms with Gasteiger partial charge in [-0.15, -0.1) is 11.3 Å². The number of methoxy groups -OCH3 is 1. The van der Waals surface area contributed by atoms with E-state index < -0.39 is 0 Å². The highest BCUT2D eigenvalue weighted by molar-refractivity contribution is 7.12. The number of carbonyl (C=O) groups is 2.